The van der Waals surface area contributed by atoms with E-state index in [0.717, 1.165) is 37.0 Å². The maximum atomic E-state index is 4.69. The van der Waals surface area contributed by atoms with Crippen LogP contribution in [0.1, 0.15) is 24.2 Å². The fraction of sp³-hybridized carbons (Fsp3) is 0.550. The summed E-state index contributed by atoms with van der Waals surface area (Å²) in [7, 11) is 6.10. The smallest absolute Gasteiger partial charge is 0.226 e. The van der Waals surface area contributed by atoms with E-state index in [0.29, 0.717) is 6.04 Å². The van der Waals surface area contributed by atoms with Crippen molar-refractivity contribution < 1.29 is 0 Å². The highest BCUT2D eigenvalue weighted by Crippen LogP contribution is 2.21. The van der Waals surface area contributed by atoms with Gasteiger partial charge < -0.3 is 14.7 Å². The summed E-state index contributed by atoms with van der Waals surface area (Å²) in [5.41, 5.74) is 2.28. The van der Waals surface area contributed by atoms with Gasteiger partial charge in [-0.05, 0) is 44.5 Å². The third-order valence-electron chi connectivity index (χ3n) is 5.05. The molecule has 6 nitrogen and oxygen atoms in total. The van der Waals surface area contributed by atoms with Crippen molar-refractivity contribution in [2.24, 2.45) is 0 Å². The summed E-state index contributed by atoms with van der Waals surface area (Å²) in [5, 5.41) is 0. The Morgan fingerprint density at radius 2 is 2.00 bits per heavy atom. The van der Waals surface area contributed by atoms with Crippen molar-refractivity contribution in [1.29, 1.82) is 0 Å². The summed E-state index contributed by atoms with van der Waals surface area (Å²) < 4.78 is 0. The van der Waals surface area contributed by atoms with Crippen LogP contribution in [0.15, 0.2) is 30.5 Å². The van der Waals surface area contributed by atoms with Crippen LogP contribution in [0, 0.1) is 6.92 Å². The monoisotopic (exact) mass is 354 g/mol. The zero-order valence-electron chi connectivity index (χ0n) is 16.4. The zero-order chi connectivity index (χ0) is 18.5. The molecule has 0 spiro atoms. The number of anilines is 2. The summed E-state index contributed by atoms with van der Waals surface area (Å²) in [5.74, 6) is 1.75. The number of aryl methyl sites for hydroxylation is 1. The van der Waals surface area contributed by atoms with Gasteiger partial charge in [-0.25, -0.2) is 4.98 Å². The molecule has 2 aromatic heterocycles. The molecule has 3 rings (SSSR count). The van der Waals surface area contributed by atoms with E-state index < -0.39 is 0 Å². The Bertz CT molecular complexity index is 717. The second-order valence-corrected chi connectivity index (χ2v) is 7.34. The number of hydrogen-bond donors (Lipinski definition) is 0. The van der Waals surface area contributed by atoms with Crippen molar-refractivity contribution in [3.8, 4) is 0 Å². The van der Waals surface area contributed by atoms with Crippen molar-refractivity contribution >= 4 is 11.8 Å². The van der Waals surface area contributed by atoms with Crippen LogP contribution in [0.25, 0.3) is 0 Å². The molecule has 1 aliphatic heterocycles. The van der Waals surface area contributed by atoms with Gasteiger partial charge in [0.25, 0.3) is 0 Å². The predicted molar refractivity (Wildman–Crippen MR) is 107 cm³/mol. The zero-order valence-corrected chi connectivity index (χ0v) is 16.4. The van der Waals surface area contributed by atoms with Crippen LogP contribution < -0.4 is 9.80 Å². The molecule has 2 aromatic rings. The number of likely N-dealkylation sites (tertiary alicyclic amines) is 1. The summed E-state index contributed by atoms with van der Waals surface area (Å²) in [6.45, 7) is 5.36. The quantitative estimate of drug-likeness (QED) is 0.794. The van der Waals surface area contributed by atoms with Crippen LogP contribution in [-0.4, -0.2) is 66.7 Å². The maximum Gasteiger partial charge on any atom is 0.226 e. The van der Waals surface area contributed by atoms with Crippen molar-refractivity contribution in [3.63, 3.8) is 0 Å². The van der Waals surface area contributed by atoms with E-state index in [1.54, 1.807) is 0 Å². The second-order valence-electron chi connectivity index (χ2n) is 7.34. The highest BCUT2D eigenvalue weighted by Gasteiger charge is 2.24. The van der Waals surface area contributed by atoms with Gasteiger partial charge in [0.15, 0.2) is 0 Å². The Kier molecular flexibility index (Phi) is 6.04. The number of aromatic nitrogens is 3. The van der Waals surface area contributed by atoms with Gasteiger partial charge in [-0.15, -0.1) is 0 Å². The number of piperidine rings is 1. The number of hydrogen-bond acceptors (Lipinski definition) is 6. The van der Waals surface area contributed by atoms with E-state index in [2.05, 4.69) is 56.9 Å². The minimum Gasteiger partial charge on any atom is -0.355 e. The number of rotatable bonds is 6. The van der Waals surface area contributed by atoms with Gasteiger partial charge in [-0.1, -0.05) is 6.07 Å². The lowest BCUT2D eigenvalue weighted by molar-refractivity contribution is 0.207. The molecule has 0 aromatic carbocycles. The van der Waals surface area contributed by atoms with Gasteiger partial charge in [0.2, 0.25) is 5.95 Å². The first-order valence-corrected chi connectivity index (χ1v) is 9.41. The number of likely N-dealkylation sites (N-methyl/N-ethyl adjacent to an activating group) is 1. The summed E-state index contributed by atoms with van der Waals surface area (Å²) in [6, 6.07) is 8.77. The molecular formula is C20H30N6. The summed E-state index contributed by atoms with van der Waals surface area (Å²) >= 11 is 0. The van der Waals surface area contributed by atoms with E-state index in [1.165, 1.54) is 25.1 Å². The third kappa shape index (κ3) is 4.69. The maximum absolute atomic E-state index is 4.69. The topological polar surface area (TPSA) is 48.4 Å². The molecule has 0 bridgehead atoms. The van der Waals surface area contributed by atoms with E-state index in [4.69, 9.17) is 0 Å². The minimum atomic E-state index is 0.485. The Balaban J connectivity index is 1.60. The predicted octanol–water partition coefficient (Wildman–Crippen LogP) is 2.39. The molecule has 1 fully saturated rings. The lowest BCUT2D eigenvalue weighted by Crippen LogP contribution is -2.47. The Hall–Kier alpha value is -2.21. The molecule has 140 valence electrons. The standard InChI is InChI=1S/C20H30N6/c1-16-7-5-8-17(22-16)11-14-26-13-6-9-18(15-26)25(4)19-10-12-21-20(23-19)24(2)3/h5,7-8,10,12,18H,6,9,11,13-15H2,1-4H3. The second kappa shape index (κ2) is 8.45. The summed E-state index contributed by atoms with van der Waals surface area (Å²) in [4.78, 5) is 20.5. The Morgan fingerprint density at radius 3 is 2.77 bits per heavy atom. The lowest BCUT2D eigenvalue weighted by atomic mass is 10.0. The van der Waals surface area contributed by atoms with Crippen LogP contribution in [0.3, 0.4) is 0 Å². The normalized spacial score (nSPS) is 17.9. The molecule has 0 aliphatic carbocycles. The van der Waals surface area contributed by atoms with Crippen LogP contribution >= 0.6 is 0 Å². The summed E-state index contributed by atoms with van der Waals surface area (Å²) in [6.07, 6.45) is 5.29. The molecule has 1 aliphatic rings. The first kappa shape index (κ1) is 18.6. The molecule has 1 atom stereocenters. The molecule has 3 heterocycles. The van der Waals surface area contributed by atoms with E-state index in [1.807, 2.05) is 31.3 Å². The van der Waals surface area contributed by atoms with E-state index in [9.17, 15) is 0 Å². The first-order valence-electron chi connectivity index (χ1n) is 9.41. The molecule has 0 saturated carbocycles. The Labute approximate surface area is 156 Å². The Morgan fingerprint density at radius 1 is 1.15 bits per heavy atom. The highest BCUT2D eigenvalue weighted by atomic mass is 15.3. The van der Waals surface area contributed by atoms with Crippen molar-refractivity contribution in [2.75, 3.05) is 50.6 Å². The van der Waals surface area contributed by atoms with Crippen LogP contribution in [0.2, 0.25) is 0 Å². The molecule has 1 unspecified atom stereocenters. The van der Waals surface area contributed by atoms with Gasteiger partial charge in [0.05, 0.1) is 0 Å². The van der Waals surface area contributed by atoms with Crippen molar-refractivity contribution in [3.05, 3.63) is 41.9 Å². The van der Waals surface area contributed by atoms with Crippen LogP contribution in [0.4, 0.5) is 11.8 Å². The molecule has 6 heteroatoms. The molecular weight excluding hydrogens is 324 g/mol. The molecule has 0 radical (unpaired) electrons. The van der Waals surface area contributed by atoms with Crippen molar-refractivity contribution in [1.82, 2.24) is 19.9 Å². The van der Waals surface area contributed by atoms with E-state index in [-0.39, 0.29) is 0 Å². The van der Waals surface area contributed by atoms with Gasteiger partial charge in [-0.2, -0.15) is 4.98 Å². The van der Waals surface area contributed by atoms with Gasteiger partial charge in [0, 0.05) is 64.3 Å². The SMILES string of the molecule is Cc1cccc(CCN2CCCC(N(C)c3ccnc(N(C)C)n3)C2)n1. The van der Waals surface area contributed by atoms with Crippen LogP contribution in [-0.2, 0) is 6.42 Å². The van der Waals surface area contributed by atoms with Crippen LogP contribution in [0.5, 0.6) is 0 Å². The molecule has 1 saturated heterocycles. The average Bonchev–Trinajstić information content (AvgIpc) is 2.66. The van der Waals surface area contributed by atoms with Crippen molar-refractivity contribution in [2.45, 2.75) is 32.2 Å². The average molecular weight is 355 g/mol. The lowest BCUT2D eigenvalue weighted by Gasteiger charge is -2.38. The van der Waals surface area contributed by atoms with Gasteiger partial charge >= 0.3 is 0 Å². The highest BCUT2D eigenvalue weighted by molar-refractivity contribution is 5.43. The molecule has 26 heavy (non-hydrogen) atoms. The fourth-order valence-corrected chi connectivity index (χ4v) is 3.50. The van der Waals surface area contributed by atoms with Gasteiger partial charge in [0.1, 0.15) is 5.82 Å². The fourth-order valence-electron chi connectivity index (χ4n) is 3.50. The van der Waals surface area contributed by atoms with Gasteiger partial charge in [-0.3, -0.25) is 4.98 Å². The third-order valence-corrected chi connectivity index (χ3v) is 5.05. The molecule has 0 N–H and O–H groups in total. The first-order chi connectivity index (χ1) is 12.5. The van der Waals surface area contributed by atoms with E-state index >= 15 is 0 Å². The number of nitrogens with zero attached hydrogens (tertiary/aromatic N) is 6. The minimum absolute atomic E-state index is 0.485. The largest absolute Gasteiger partial charge is 0.355 e. The molecule has 0 amide bonds. The number of pyridine rings is 1.